The van der Waals surface area contributed by atoms with Crippen molar-refractivity contribution in [3.05, 3.63) is 41.7 Å². The van der Waals surface area contributed by atoms with Crippen LogP contribution in [0.25, 0.3) is 0 Å². The number of nitrogens with zero attached hydrogens (tertiary/aromatic N) is 3. The molecule has 2 aromatic rings. The Hall–Kier alpha value is -2.30. The van der Waals surface area contributed by atoms with Crippen LogP contribution in [0.4, 0.5) is 11.5 Å². The summed E-state index contributed by atoms with van der Waals surface area (Å²) in [4.78, 5) is 10.7. The number of nitrogen functional groups attached to an aromatic ring is 1. The Labute approximate surface area is 119 Å². The first-order valence-electron chi connectivity index (χ1n) is 6.60. The van der Waals surface area contributed by atoms with Crippen molar-refractivity contribution in [2.75, 3.05) is 24.3 Å². The number of hydrogen-bond donors (Lipinski definition) is 1. The molecule has 2 N–H and O–H groups in total. The lowest BCUT2D eigenvalue weighted by Crippen LogP contribution is -2.24. The molecule has 5 nitrogen and oxygen atoms in total. The van der Waals surface area contributed by atoms with Gasteiger partial charge in [-0.15, -0.1) is 0 Å². The Bertz CT molecular complexity index is 569. The van der Waals surface area contributed by atoms with E-state index < -0.39 is 0 Å². The average molecular weight is 272 g/mol. The number of aromatic nitrogens is 2. The van der Waals surface area contributed by atoms with Gasteiger partial charge in [-0.2, -0.15) is 0 Å². The summed E-state index contributed by atoms with van der Waals surface area (Å²) in [6.45, 7) is 5.70. The van der Waals surface area contributed by atoms with E-state index in [0.717, 1.165) is 30.2 Å². The van der Waals surface area contributed by atoms with Crippen LogP contribution >= 0.6 is 0 Å². The molecule has 0 spiro atoms. The van der Waals surface area contributed by atoms with Gasteiger partial charge in [0.1, 0.15) is 12.1 Å². The molecule has 1 aromatic heterocycles. The SMILES string of the molecule is CCN(Cc1ccc(N)cc1)c1ncnc(OC)c1C. The first-order chi connectivity index (χ1) is 9.65. The third-order valence-corrected chi connectivity index (χ3v) is 3.24. The second-order valence-electron chi connectivity index (χ2n) is 4.59. The second-order valence-corrected chi connectivity index (χ2v) is 4.59. The highest BCUT2D eigenvalue weighted by Crippen LogP contribution is 2.24. The Balaban J connectivity index is 2.26. The lowest BCUT2D eigenvalue weighted by atomic mass is 10.2. The van der Waals surface area contributed by atoms with Crippen LogP contribution in [0.3, 0.4) is 0 Å². The van der Waals surface area contributed by atoms with Crippen molar-refractivity contribution in [3.63, 3.8) is 0 Å². The lowest BCUT2D eigenvalue weighted by molar-refractivity contribution is 0.393. The highest BCUT2D eigenvalue weighted by atomic mass is 16.5. The fourth-order valence-electron chi connectivity index (χ4n) is 2.13. The zero-order valence-electron chi connectivity index (χ0n) is 12.1. The van der Waals surface area contributed by atoms with Gasteiger partial charge in [0.2, 0.25) is 5.88 Å². The summed E-state index contributed by atoms with van der Waals surface area (Å²) >= 11 is 0. The minimum atomic E-state index is 0.616. The van der Waals surface area contributed by atoms with Crippen LogP contribution in [0.2, 0.25) is 0 Å². The summed E-state index contributed by atoms with van der Waals surface area (Å²) in [5.74, 6) is 1.52. The topological polar surface area (TPSA) is 64.3 Å². The van der Waals surface area contributed by atoms with Crippen molar-refractivity contribution in [2.24, 2.45) is 0 Å². The van der Waals surface area contributed by atoms with E-state index in [0.29, 0.717) is 5.88 Å². The molecule has 106 valence electrons. The fraction of sp³-hybridized carbons (Fsp3) is 0.333. The Morgan fingerprint density at radius 1 is 1.20 bits per heavy atom. The Kier molecular flexibility index (Phi) is 4.40. The van der Waals surface area contributed by atoms with Gasteiger partial charge in [-0.1, -0.05) is 12.1 Å². The van der Waals surface area contributed by atoms with Crippen LogP contribution in [0.5, 0.6) is 5.88 Å². The average Bonchev–Trinajstić information content (AvgIpc) is 2.47. The summed E-state index contributed by atoms with van der Waals surface area (Å²) in [6.07, 6.45) is 1.53. The number of benzene rings is 1. The van der Waals surface area contributed by atoms with Crippen LogP contribution in [0.1, 0.15) is 18.1 Å². The highest BCUT2D eigenvalue weighted by Gasteiger charge is 2.13. The van der Waals surface area contributed by atoms with Crippen molar-refractivity contribution >= 4 is 11.5 Å². The van der Waals surface area contributed by atoms with E-state index in [1.165, 1.54) is 11.9 Å². The molecule has 0 amide bonds. The normalized spacial score (nSPS) is 10.3. The Morgan fingerprint density at radius 3 is 2.50 bits per heavy atom. The van der Waals surface area contributed by atoms with Crippen LogP contribution < -0.4 is 15.4 Å². The van der Waals surface area contributed by atoms with Crippen molar-refractivity contribution in [3.8, 4) is 5.88 Å². The van der Waals surface area contributed by atoms with Crippen LogP contribution in [0.15, 0.2) is 30.6 Å². The van der Waals surface area contributed by atoms with Crippen molar-refractivity contribution < 1.29 is 4.74 Å². The predicted molar refractivity (Wildman–Crippen MR) is 80.9 cm³/mol. The maximum absolute atomic E-state index is 5.71. The lowest BCUT2D eigenvalue weighted by Gasteiger charge is -2.24. The van der Waals surface area contributed by atoms with Gasteiger partial charge in [0, 0.05) is 18.8 Å². The van der Waals surface area contributed by atoms with E-state index in [9.17, 15) is 0 Å². The zero-order valence-corrected chi connectivity index (χ0v) is 12.1. The van der Waals surface area contributed by atoms with E-state index in [1.54, 1.807) is 7.11 Å². The molecular weight excluding hydrogens is 252 g/mol. The molecule has 2 rings (SSSR count). The third kappa shape index (κ3) is 2.99. The minimum absolute atomic E-state index is 0.616. The first-order valence-corrected chi connectivity index (χ1v) is 6.60. The number of rotatable bonds is 5. The molecule has 0 saturated carbocycles. The highest BCUT2D eigenvalue weighted by molar-refractivity contribution is 5.51. The monoisotopic (exact) mass is 272 g/mol. The summed E-state index contributed by atoms with van der Waals surface area (Å²) < 4.78 is 5.25. The summed E-state index contributed by atoms with van der Waals surface area (Å²) in [6, 6.07) is 7.89. The Morgan fingerprint density at radius 2 is 1.90 bits per heavy atom. The van der Waals surface area contributed by atoms with Gasteiger partial charge < -0.3 is 15.4 Å². The fourth-order valence-corrected chi connectivity index (χ4v) is 2.13. The standard InChI is InChI=1S/C15H20N4O/c1-4-19(9-12-5-7-13(16)8-6-12)14-11(2)15(20-3)18-10-17-14/h5-8,10H,4,9,16H2,1-3H3. The largest absolute Gasteiger partial charge is 0.481 e. The van der Waals surface area contributed by atoms with Gasteiger partial charge in [0.05, 0.1) is 12.7 Å². The van der Waals surface area contributed by atoms with Gasteiger partial charge in [0.25, 0.3) is 0 Å². The molecule has 5 heteroatoms. The number of ether oxygens (including phenoxy) is 1. The molecule has 0 atom stereocenters. The van der Waals surface area contributed by atoms with Crippen molar-refractivity contribution in [2.45, 2.75) is 20.4 Å². The summed E-state index contributed by atoms with van der Waals surface area (Å²) in [7, 11) is 1.62. The van der Waals surface area contributed by atoms with E-state index >= 15 is 0 Å². The van der Waals surface area contributed by atoms with Crippen molar-refractivity contribution in [1.82, 2.24) is 9.97 Å². The first kappa shape index (κ1) is 14.1. The molecule has 0 aliphatic heterocycles. The number of hydrogen-bond acceptors (Lipinski definition) is 5. The van der Waals surface area contributed by atoms with E-state index in [1.807, 2.05) is 31.2 Å². The molecule has 0 bridgehead atoms. The minimum Gasteiger partial charge on any atom is -0.481 e. The quantitative estimate of drug-likeness (QED) is 0.847. The molecule has 0 radical (unpaired) electrons. The second kappa shape index (κ2) is 6.23. The molecule has 20 heavy (non-hydrogen) atoms. The van der Waals surface area contributed by atoms with Gasteiger partial charge in [0.15, 0.2) is 0 Å². The molecule has 0 aliphatic carbocycles. The van der Waals surface area contributed by atoms with Gasteiger partial charge in [-0.3, -0.25) is 0 Å². The van der Waals surface area contributed by atoms with Crippen LogP contribution in [-0.2, 0) is 6.54 Å². The summed E-state index contributed by atoms with van der Waals surface area (Å²) in [5.41, 5.74) is 8.63. The molecule has 0 saturated heterocycles. The number of anilines is 2. The van der Waals surface area contributed by atoms with Crippen LogP contribution in [-0.4, -0.2) is 23.6 Å². The number of nitrogens with two attached hydrogens (primary N) is 1. The third-order valence-electron chi connectivity index (χ3n) is 3.24. The maximum Gasteiger partial charge on any atom is 0.221 e. The zero-order chi connectivity index (χ0) is 14.5. The smallest absolute Gasteiger partial charge is 0.221 e. The van der Waals surface area contributed by atoms with Gasteiger partial charge in [-0.25, -0.2) is 9.97 Å². The van der Waals surface area contributed by atoms with Crippen LogP contribution in [0, 0.1) is 6.92 Å². The van der Waals surface area contributed by atoms with Gasteiger partial charge in [-0.05, 0) is 31.5 Å². The van der Waals surface area contributed by atoms with Crippen molar-refractivity contribution in [1.29, 1.82) is 0 Å². The predicted octanol–water partition coefficient (Wildman–Crippen LogP) is 2.40. The summed E-state index contributed by atoms with van der Waals surface area (Å²) in [5, 5.41) is 0. The molecule has 0 fully saturated rings. The molecule has 1 aromatic carbocycles. The van der Waals surface area contributed by atoms with Gasteiger partial charge >= 0.3 is 0 Å². The molecular formula is C15H20N4O. The molecule has 0 aliphatic rings. The van der Waals surface area contributed by atoms with E-state index in [4.69, 9.17) is 10.5 Å². The molecule has 0 unspecified atom stereocenters. The maximum atomic E-state index is 5.71. The molecule has 1 heterocycles. The van der Waals surface area contributed by atoms with E-state index in [-0.39, 0.29) is 0 Å². The van der Waals surface area contributed by atoms with E-state index in [2.05, 4.69) is 21.8 Å². The number of methoxy groups -OCH3 is 1.